The van der Waals surface area contributed by atoms with Crippen molar-refractivity contribution in [2.45, 2.75) is 36.7 Å². The van der Waals surface area contributed by atoms with Crippen molar-refractivity contribution in [3.63, 3.8) is 0 Å². The van der Waals surface area contributed by atoms with Crippen LogP contribution in [0.4, 0.5) is 0 Å². The molecule has 0 unspecified atom stereocenters. The van der Waals surface area contributed by atoms with Crippen LogP contribution in [-0.2, 0) is 16.1 Å². The summed E-state index contributed by atoms with van der Waals surface area (Å²) in [6, 6.07) is 8.82. The van der Waals surface area contributed by atoms with Crippen LogP contribution in [0, 0.1) is 11.3 Å². The number of ether oxygens (including phenoxy) is 1. The number of esters is 1. The number of nitriles is 1. The Morgan fingerprint density at radius 1 is 1.55 bits per heavy atom. The summed E-state index contributed by atoms with van der Waals surface area (Å²) in [6.45, 7) is 0.812. The summed E-state index contributed by atoms with van der Waals surface area (Å²) in [4.78, 5) is 12.0. The SMILES string of the molecule is COC(=O)CCSc1ccc(CNC2CC2)cc1C#N. The monoisotopic (exact) mass is 290 g/mol. The summed E-state index contributed by atoms with van der Waals surface area (Å²) < 4.78 is 4.60. The van der Waals surface area contributed by atoms with Gasteiger partial charge in [0.05, 0.1) is 19.1 Å². The van der Waals surface area contributed by atoms with Crippen LogP contribution < -0.4 is 5.32 Å². The molecule has 0 amide bonds. The van der Waals surface area contributed by atoms with Crippen LogP contribution in [0.15, 0.2) is 23.1 Å². The normalized spacial score (nSPS) is 13.8. The van der Waals surface area contributed by atoms with Gasteiger partial charge < -0.3 is 10.1 Å². The molecule has 1 aromatic carbocycles. The largest absolute Gasteiger partial charge is 0.469 e. The van der Waals surface area contributed by atoms with Crippen molar-refractivity contribution in [2.24, 2.45) is 0 Å². The third kappa shape index (κ3) is 4.55. The van der Waals surface area contributed by atoms with Crippen molar-refractivity contribution in [1.82, 2.24) is 5.32 Å². The molecular weight excluding hydrogens is 272 g/mol. The third-order valence-electron chi connectivity index (χ3n) is 3.13. The van der Waals surface area contributed by atoms with Crippen molar-refractivity contribution in [1.29, 1.82) is 5.26 Å². The van der Waals surface area contributed by atoms with E-state index >= 15 is 0 Å². The second-order valence-electron chi connectivity index (χ2n) is 4.77. The average molecular weight is 290 g/mol. The molecule has 5 heteroatoms. The zero-order chi connectivity index (χ0) is 14.4. The maximum Gasteiger partial charge on any atom is 0.306 e. The van der Waals surface area contributed by atoms with E-state index in [0.29, 0.717) is 23.8 Å². The molecule has 0 atom stereocenters. The van der Waals surface area contributed by atoms with Crippen molar-refractivity contribution in [3.8, 4) is 6.07 Å². The maximum atomic E-state index is 11.1. The predicted octanol–water partition coefficient (Wildman–Crippen LogP) is 2.47. The second kappa shape index (κ2) is 7.32. The van der Waals surface area contributed by atoms with Gasteiger partial charge in [0.25, 0.3) is 0 Å². The van der Waals surface area contributed by atoms with E-state index < -0.39 is 0 Å². The first-order chi connectivity index (χ1) is 9.72. The molecule has 0 aromatic heterocycles. The maximum absolute atomic E-state index is 11.1. The van der Waals surface area contributed by atoms with Crippen molar-refractivity contribution in [3.05, 3.63) is 29.3 Å². The van der Waals surface area contributed by atoms with Gasteiger partial charge in [-0.25, -0.2) is 0 Å². The van der Waals surface area contributed by atoms with Crippen LogP contribution in [0.5, 0.6) is 0 Å². The Hall–Kier alpha value is -1.51. The number of thioether (sulfide) groups is 1. The molecule has 4 nitrogen and oxygen atoms in total. The highest BCUT2D eigenvalue weighted by molar-refractivity contribution is 7.99. The number of methoxy groups -OCH3 is 1. The molecule has 0 heterocycles. The number of hydrogen-bond acceptors (Lipinski definition) is 5. The number of rotatable bonds is 7. The quantitative estimate of drug-likeness (QED) is 0.617. The van der Waals surface area contributed by atoms with Crippen molar-refractivity contribution < 1.29 is 9.53 Å². The van der Waals surface area contributed by atoms with Gasteiger partial charge in [0.15, 0.2) is 0 Å². The second-order valence-corrected chi connectivity index (χ2v) is 5.91. The zero-order valence-electron chi connectivity index (χ0n) is 11.5. The molecule has 1 saturated carbocycles. The predicted molar refractivity (Wildman–Crippen MR) is 78.4 cm³/mol. The molecule has 1 fully saturated rings. The Bertz CT molecular complexity index is 521. The molecule has 1 aliphatic carbocycles. The van der Waals surface area contributed by atoms with Crippen LogP contribution in [0.2, 0.25) is 0 Å². The Labute approximate surface area is 123 Å². The van der Waals surface area contributed by atoms with E-state index in [0.717, 1.165) is 17.0 Å². The summed E-state index contributed by atoms with van der Waals surface area (Å²) in [6.07, 6.45) is 2.87. The first-order valence-electron chi connectivity index (χ1n) is 6.69. The fourth-order valence-electron chi connectivity index (χ4n) is 1.80. The molecular formula is C15H18N2O2S. The van der Waals surface area contributed by atoms with Crippen LogP contribution in [-0.4, -0.2) is 24.9 Å². The Kier molecular flexibility index (Phi) is 5.45. The summed E-state index contributed by atoms with van der Waals surface area (Å²) in [5.41, 5.74) is 1.81. The molecule has 0 spiro atoms. The van der Waals surface area contributed by atoms with Crippen LogP contribution >= 0.6 is 11.8 Å². The molecule has 1 aliphatic rings. The van der Waals surface area contributed by atoms with Crippen LogP contribution in [0.25, 0.3) is 0 Å². The number of hydrogen-bond donors (Lipinski definition) is 1. The fourth-order valence-corrected chi connectivity index (χ4v) is 2.71. The number of benzene rings is 1. The highest BCUT2D eigenvalue weighted by Crippen LogP contribution is 2.25. The van der Waals surface area contributed by atoms with E-state index in [1.54, 1.807) is 0 Å². The van der Waals surface area contributed by atoms with Gasteiger partial charge in [-0.1, -0.05) is 6.07 Å². The lowest BCUT2D eigenvalue weighted by atomic mass is 10.1. The smallest absolute Gasteiger partial charge is 0.306 e. The Morgan fingerprint density at radius 3 is 3.00 bits per heavy atom. The topological polar surface area (TPSA) is 62.1 Å². The molecule has 20 heavy (non-hydrogen) atoms. The molecule has 1 aromatic rings. The van der Waals surface area contributed by atoms with Crippen LogP contribution in [0.3, 0.4) is 0 Å². The third-order valence-corrected chi connectivity index (χ3v) is 4.20. The highest BCUT2D eigenvalue weighted by atomic mass is 32.2. The molecule has 1 N–H and O–H groups in total. The molecule has 0 saturated heterocycles. The molecule has 0 radical (unpaired) electrons. The summed E-state index contributed by atoms with van der Waals surface area (Å²) >= 11 is 1.52. The Balaban J connectivity index is 1.91. The van der Waals surface area contributed by atoms with Gasteiger partial charge in [-0.15, -0.1) is 11.8 Å². The van der Waals surface area contributed by atoms with E-state index in [2.05, 4.69) is 16.1 Å². The van der Waals surface area contributed by atoms with Crippen molar-refractivity contribution >= 4 is 17.7 Å². The van der Waals surface area contributed by atoms with Crippen LogP contribution in [0.1, 0.15) is 30.4 Å². The molecule has 0 aliphatic heterocycles. The van der Waals surface area contributed by atoms with Gasteiger partial charge in [0, 0.05) is 23.2 Å². The van der Waals surface area contributed by atoms with E-state index in [9.17, 15) is 10.1 Å². The lowest BCUT2D eigenvalue weighted by Gasteiger charge is -2.07. The molecule has 2 rings (SSSR count). The molecule has 0 bridgehead atoms. The number of nitrogens with one attached hydrogen (secondary N) is 1. The van der Waals surface area contributed by atoms with Gasteiger partial charge >= 0.3 is 5.97 Å². The fraction of sp³-hybridized carbons (Fsp3) is 0.467. The number of carbonyl (C=O) groups excluding carboxylic acids is 1. The first-order valence-corrected chi connectivity index (χ1v) is 7.67. The van der Waals surface area contributed by atoms with Gasteiger partial charge in [0.1, 0.15) is 6.07 Å². The highest BCUT2D eigenvalue weighted by Gasteiger charge is 2.20. The van der Waals surface area contributed by atoms with Gasteiger partial charge in [-0.3, -0.25) is 4.79 Å². The first kappa shape index (κ1) is 14.9. The lowest BCUT2D eigenvalue weighted by Crippen LogP contribution is -2.15. The minimum absolute atomic E-state index is 0.221. The van der Waals surface area contributed by atoms with Crippen molar-refractivity contribution in [2.75, 3.05) is 12.9 Å². The average Bonchev–Trinajstić information content (AvgIpc) is 3.29. The summed E-state index contributed by atoms with van der Waals surface area (Å²) in [7, 11) is 1.38. The summed E-state index contributed by atoms with van der Waals surface area (Å²) in [5.74, 6) is 0.405. The van der Waals surface area contributed by atoms with E-state index in [-0.39, 0.29) is 5.97 Å². The van der Waals surface area contributed by atoms with E-state index in [4.69, 9.17) is 0 Å². The van der Waals surface area contributed by atoms with Gasteiger partial charge in [-0.2, -0.15) is 5.26 Å². The minimum Gasteiger partial charge on any atom is -0.469 e. The summed E-state index contributed by atoms with van der Waals surface area (Å²) in [5, 5.41) is 12.6. The Morgan fingerprint density at radius 2 is 2.35 bits per heavy atom. The number of carbonyl (C=O) groups is 1. The van der Waals surface area contributed by atoms with E-state index in [1.807, 2.05) is 18.2 Å². The van der Waals surface area contributed by atoms with Gasteiger partial charge in [-0.05, 0) is 30.5 Å². The number of nitrogens with zero attached hydrogens (tertiary/aromatic N) is 1. The van der Waals surface area contributed by atoms with E-state index in [1.165, 1.54) is 31.7 Å². The lowest BCUT2D eigenvalue weighted by molar-refractivity contribution is -0.140. The minimum atomic E-state index is -0.221. The standard InChI is InChI=1S/C15H18N2O2S/c1-19-15(18)6-7-20-14-5-2-11(8-12(14)9-16)10-17-13-3-4-13/h2,5,8,13,17H,3-4,6-7,10H2,1H3. The van der Waals surface area contributed by atoms with Gasteiger partial charge in [0.2, 0.25) is 0 Å². The molecule has 106 valence electrons. The zero-order valence-corrected chi connectivity index (χ0v) is 12.3.